The average molecular weight is 652 g/mol. The lowest BCUT2D eigenvalue weighted by molar-refractivity contribution is 0.668. The Hall–Kier alpha value is -6.64. The van der Waals surface area contributed by atoms with E-state index < -0.39 is 5.41 Å². The number of benzene rings is 8. The summed E-state index contributed by atoms with van der Waals surface area (Å²) in [5.74, 6) is 0. The van der Waals surface area contributed by atoms with Crippen molar-refractivity contribution in [2.24, 2.45) is 0 Å². The summed E-state index contributed by atoms with van der Waals surface area (Å²) in [4.78, 5) is 2.30. The van der Waals surface area contributed by atoms with Gasteiger partial charge in [0.15, 0.2) is 0 Å². The van der Waals surface area contributed by atoms with E-state index in [1.165, 1.54) is 44.5 Å². The standard InChI is InChI=1S/C49H33NO/c1-4-14-34(15-5-1)35-24-27-39(28-25-35)50(38-18-8-3-9-19-38)40-29-30-43-44-32-37(26-31-47(44)51-48(43)33-40)49(36-16-6-2-7-17-36)45-22-12-10-20-41(45)42-21-11-13-23-46(42)49/h1-33H. The maximum atomic E-state index is 6.66. The zero-order valence-corrected chi connectivity index (χ0v) is 27.9. The number of para-hydroxylation sites is 1. The lowest BCUT2D eigenvalue weighted by atomic mass is 9.67. The molecular weight excluding hydrogens is 619 g/mol. The number of hydrogen-bond acceptors (Lipinski definition) is 2. The lowest BCUT2D eigenvalue weighted by Gasteiger charge is -2.33. The van der Waals surface area contributed by atoms with Crippen molar-refractivity contribution in [1.29, 1.82) is 0 Å². The summed E-state index contributed by atoms with van der Waals surface area (Å²) < 4.78 is 6.66. The van der Waals surface area contributed by atoms with E-state index in [0.717, 1.165) is 39.0 Å². The predicted molar refractivity (Wildman–Crippen MR) is 211 cm³/mol. The van der Waals surface area contributed by atoms with E-state index in [4.69, 9.17) is 4.42 Å². The van der Waals surface area contributed by atoms with E-state index in [1.54, 1.807) is 0 Å². The van der Waals surface area contributed by atoms with Crippen molar-refractivity contribution >= 4 is 39.0 Å². The van der Waals surface area contributed by atoms with Crippen molar-refractivity contribution in [2.45, 2.75) is 5.41 Å². The molecule has 0 N–H and O–H groups in total. The van der Waals surface area contributed by atoms with Gasteiger partial charge in [-0.1, -0.05) is 146 Å². The molecule has 0 radical (unpaired) electrons. The normalized spacial score (nSPS) is 12.9. The highest BCUT2D eigenvalue weighted by Gasteiger charge is 2.46. The van der Waals surface area contributed by atoms with E-state index >= 15 is 0 Å². The molecule has 2 heteroatoms. The second-order valence-electron chi connectivity index (χ2n) is 13.3. The highest BCUT2D eigenvalue weighted by molar-refractivity contribution is 6.07. The van der Waals surface area contributed by atoms with E-state index in [-0.39, 0.29) is 0 Å². The molecule has 2 nitrogen and oxygen atoms in total. The summed E-state index contributed by atoms with van der Waals surface area (Å²) >= 11 is 0. The van der Waals surface area contributed by atoms with Crippen molar-refractivity contribution in [3.8, 4) is 22.3 Å². The first-order valence-electron chi connectivity index (χ1n) is 17.5. The zero-order valence-electron chi connectivity index (χ0n) is 27.9. The Balaban J connectivity index is 1.13. The fourth-order valence-electron chi connectivity index (χ4n) is 8.31. The first kappa shape index (κ1) is 29.3. The second kappa shape index (κ2) is 11.8. The highest BCUT2D eigenvalue weighted by Crippen LogP contribution is 2.56. The van der Waals surface area contributed by atoms with E-state index in [1.807, 2.05) is 0 Å². The fourth-order valence-corrected chi connectivity index (χ4v) is 8.31. The molecule has 51 heavy (non-hydrogen) atoms. The Kier molecular flexibility index (Phi) is 6.75. The van der Waals surface area contributed by atoms with Crippen LogP contribution in [0.3, 0.4) is 0 Å². The molecule has 0 spiro atoms. The zero-order chi connectivity index (χ0) is 33.8. The van der Waals surface area contributed by atoms with Crippen LogP contribution in [-0.4, -0.2) is 0 Å². The van der Waals surface area contributed by atoms with Gasteiger partial charge in [0.05, 0.1) is 5.41 Å². The lowest BCUT2D eigenvalue weighted by Crippen LogP contribution is -2.28. The van der Waals surface area contributed by atoms with Gasteiger partial charge in [-0.2, -0.15) is 0 Å². The van der Waals surface area contributed by atoms with Crippen LogP contribution in [0.25, 0.3) is 44.2 Å². The van der Waals surface area contributed by atoms with E-state index in [9.17, 15) is 0 Å². The number of furan rings is 1. The van der Waals surface area contributed by atoms with Crippen LogP contribution in [0, 0.1) is 0 Å². The van der Waals surface area contributed by atoms with Crippen molar-refractivity contribution < 1.29 is 4.42 Å². The molecule has 0 amide bonds. The minimum Gasteiger partial charge on any atom is -0.456 e. The van der Waals surface area contributed by atoms with Gasteiger partial charge in [0.2, 0.25) is 0 Å². The Morgan fingerprint density at radius 2 is 0.902 bits per heavy atom. The van der Waals surface area contributed by atoms with Crippen LogP contribution < -0.4 is 4.90 Å². The number of hydrogen-bond donors (Lipinski definition) is 0. The Bertz CT molecular complexity index is 2630. The van der Waals surface area contributed by atoms with Gasteiger partial charge in [-0.25, -0.2) is 0 Å². The number of rotatable bonds is 6. The molecule has 0 bridgehead atoms. The molecule has 1 aliphatic carbocycles. The number of nitrogens with zero attached hydrogens (tertiary/aromatic N) is 1. The molecule has 0 unspecified atom stereocenters. The molecule has 10 rings (SSSR count). The monoisotopic (exact) mass is 651 g/mol. The molecule has 240 valence electrons. The van der Waals surface area contributed by atoms with Gasteiger partial charge in [-0.15, -0.1) is 0 Å². The first-order valence-corrected chi connectivity index (χ1v) is 17.5. The van der Waals surface area contributed by atoms with Crippen LogP contribution in [-0.2, 0) is 5.41 Å². The third kappa shape index (κ3) is 4.57. The maximum absolute atomic E-state index is 6.66. The van der Waals surface area contributed by atoms with E-state index in [0.29, 0.717) is 0 Å². The Morgan fingerprint density at radius 1 is 0.353 bits per heavy atom. The fraction of sp³-hybridized carbons (Fsp3) is 0.0204. The molecule has 0 saturated heterocycles. The molecule has 1 aromatic heterocycles. The quantitative estimate of drug-likeness (QED) is 0.178. The van der Waals surface area contributed by atoms with Crippen LogP contribution in [0.2, 0.25) is 0 Å². The van der Waals surface area contributed by atoms with Crippen molar-refractivity contribution in [3.63, 3.8) is 0 Å². The smallest absolute Gasteiger partial charge is 0.137 e. The molecule has 0 saturated carbocycles. The summed E-state index contributed by atoms with van der Waals surface area (Å²) in [6.07, 6.45) is 0. The molecule has 0 aliphatic heterocycles. The highest BCUT2D eigenvalue weighted by atomic mass is 16.3. The topological polar surface area (TPSA) is 16.4 Å². The predicted octanol–water partition coefficient (Wildman–Crippen LogP) is 13.1. The maximum Gasteiger partial charge on any atom is 0.137 e. The number of fused-ring (bicyclic) bond motifs is 6. The molecular formula is C49H33NO. The minimum atomic E-state index is -0.456. The van der Waals surface area contributed by atoms with Gasteiger partial charge in [0.25, 0.3) is 0 Å². The van der Waals surface area contributed by atoms with Gasteiger partial charge < -0.3 is 9.32 Å². The van der Waals surface area contributed by atoms with Crippen LogP contribution in [0.4, 0.5) is 17.1 Å². The van der Waals surface area contributed by atoms with Crippen LogP contribution in [0.5, 0.6) is 0 Å². The second-order valence-corrected chi connectivity index (χ2v) is 13.3. The SMILES string of the molecule is c1ccc(-c2ccc(N(c3ccccc3)c3ccc4c(c3)oc3ccc(C5(c6ccccc6)c6ccccc6-c6ccccc65)cc34)cc2)cc1. The number of anilines is 3. The van der Waals surface area contributed by atoms with Crippen molar-refractivity contribution in [2.75, 3.05) is 4.90 Å². The summed E-state index contributed by atoms with van der Waals surface area (Å²) in [7, 11) is 0. The Labute approximate surface area is 297 Å². The molecule has 8 aromatic carbocycles. The van der Waals surface area contributed by atoms with E-state index in [2.05, 4.69) is 205 Å². The molecule has 1 aliphatic rings. The summed E-state index contributed by atoms with van der Waals surface area (Å²) in [6.45, 7) is 0. The average Bonchev–Trinajstić information content (AvgIpc) is 3.72. The largest absolute Gasteiger partial charge is 0.456 e. The summed E-state index contributed by atoms with van der Waals surface area (Å²) in [5, 5.41) is 2.22. The third-order valence-corrected chi connectivity index (χ3v) is 10.6. The third-order valence-electron chi connectivity index (χ3n) is 10.6. The van der Waals surface area contributed by atoms with Crippen LogP contribution >= 0.6 is 0 Å². The molecule has 0 atom stereocenters. The molecule has 0 fully saturated rings. The summed E-state index contributed by atoms with van der Waals surface area (Å²) in [6, 6.07) is 72.0. The van der Waals surface area contributed by atoms with Crippen LogP contribution in [0.15, 0.2) is 205 Å². The Morgan fingerprint density at radius 3 is 1.59 bits per heavy atom. The van der Waals surface area contributed by atoms with Crippen molar-refractivity contribution in [3.05, 3.63) is 222 Å². The molecule has 9 aromatic rings. The first-order chi connectivity index (χ1) is 25.3. The van der Waals surface area contributed by atoms with Gasteiger partial charge in [0, 0.05) is 33.9 Å². The minimum absolute atomic E-state index is 0.456. The molecule has 1 heterocycles. The van der Waals surface area contributed by atoms with Crippen molar-refractivity contribution in [1.82, 2.24) is 0 Å². The van der Waals surface area contributed by atoms with Gasteiger partial charge >= 0.3 is 0 Å². The van der Waals surface area contributed by atoms with Crippen LogP contribution in [0.1, 0.15) is 22.3 Å². The van der Waals surface area contributed by atoms with Gasteiger partial charge in [-0.3, -0.25) is 0 Å². The van der Waals surface area contributed by atoms with Gasteiger partial charge in [-0.05, 0) is 93.0 Å². The summed E-state index contributed by atoms with van der Waals surface area (Å²) in [5.41, 5.74) is 14.6. The van der Waals surface area contributed by atoms with Gasteiger partial charge in [0.1, 0.15) is 11.2 Å².